The topological polar surface area (TPSA) is 24.9 Å². The number of hydrogen-bond donors (Lipinski definition) is 1. The number of nitrogens with zero attached hydrogens (tertiary/aromatic N) is 1. The SMILES string of the molecule is CC(C)(C)c1ccc(CCNc2cc(Br)ccn2)cc1. The zero-order chi connectivity index (χ0) is 14.6. The first kappa shape index (κ1) is 15.0. The highest BCUT2D eigenvalue weighted by molar-refractivity contribution is 9.10. The molecular weight excluding hydrogens is 312 g/mol. The molecule has 0 bridgehead atoms. The molecule has 2 aromatic rings. The van der Waals surface area contributed by atoms with Gasteiger partial charge in [-0.05, 0) is 35.1 Å². The maximum Gasteiger partial charge on any atom is 0.127 e. The molecule has 0 aliphatic rings. The largest absolute Gasteiger partial charge is 0.370 e. The van der Waals surface area contributed by atoms with E-state index in [2.05, 4.69) is 71.3 Å². The Bertz CT molecular complexity index is 556. The van der Waals surface area contributed by atoms with Gasteiger partial charge < -0.3 is 5.32 Å². The van der Waals surface area contributed by atoms with Crippen LogP contribution in [-0.4, -0.2) is 11.5 Å². The van der Waals surface area contributed by atoms with Crippen molar-refractivity contribution in [3.05, 3.63) is 58.2 Å². The monoisotopic (exact) mass is 332 g/mol. The lowest BCUT2D eigenvalue weighted by Crippen LogP contribution is -2.11. The fourth-order valence-electron chi connectivity index (χ4n) is 2.01. The minimum absolute atomic E-state index is 0.219. The zero-order valence-corrected chi connectivity index (χ0v) is 13.9. The lowest BCUT2D eigenvalue weighted by atomic mass is 9.86. The van der Waals surface area contributed by atoms with Crippen molar-refractivity contribution >= 4 is 21.7 Å². The number of benzene rings is 1. The second-order valence-corrected chi connectivity index (χ2v) is 6.90. The van der Waals surface area contributed by atoms with Crippen molar-refractivity contribution in [1.29, 1.82) is 0 Å². The summed E-state index contributed by atoms with van der Waals surface area (Å²) in [5.41, 5.74) is 2.94. The van der Waals surface area contributed by atoms with E-state index >= 15 is 0 Å². The van der Waals surface area contributed by atoms with Crippen molar-refractivity contribution in [2.24, 2.45) is 0 Å². The quantitative estimate of drug-likeness (QED) is 0.870. The normalized spacial score (nSPS) is 11.4. The maximum atomic E-state index is 4.28. The van der Waals surface area contributed by atoms with Gasteiger partial charge >= 0.3 is 0 Å². The average Bonchev–Trinajstić information content (AvgIpc) is 2.38. The Balaban J connectivity index is 1.88. The number of pyridine rings is 1. The number of halogens is 1. The van der Waals surface area contributed by atoms with Gasteiger partial charge in [0.25, 0.3) is 0 Å². The van der Waals surface area contributed by atoms with Crippen LogP contribution in [0.3, 0.4) is 0 Å². The molecule has 1 aromatic carbocycles. The van der Waals surface area contributed by atoms with Crippen molar-refractivity contribution in [1.82, 2.24) is 4.98 Å². The summed E-state index contributed by atoms with van der Waals surface area (Å²) in [5.74, 6) is 0.908. The molecular formula is C17H21BrN2. The summed E-state index contributed by atoms with van der Waals surface area (Å²) in [7, 11) is 0. The molecule has 1 N–H and O–H groups in total. The lowest BCUT2D eigenvalue weighted by molar-refractivity contribution is 0.590. The van der Waals surface area contributed by atoms with Crippen molar-refractivity contribution < 1.29 is 0 Å². The van der Waals surface area contributed by atoms with Gasteiger partial charge in [0.05, 0.1) is 0 Å². The Hall–Kier alpha value is -1.35. The highest BCUT2D eigenvalue weighted by Gasteiger charge is 2.12. The average molecular weight is 333 g/mol. The fourth-order valence-corrected chi connectivity index (χ4v) is 2.34. The predicted molar refractivity (Wildman–Crippen MR) is 89.3 cm³/mol. The summed E-state index contributed by atoms with van der Waals surface area (Å²) in [4.78, 5) is 4.28. The molecule has 2 nitrogen and oxygen atoms in total. The molecule has 0 amide bonds. The van der Waals surface area contributed by atoms with Crippen LogP contribution in [0.1, 0.15) is 31.9 Å². The zero-order valence-electron chi connectivity index (χ0n) is 12.3. The van der Waals surface area contributed by atoms with Gasteiger partial charge in [-0.25, -0.2) is 4.98 Å². The van der Waals surface area contributed by atoms with Crippen LogP contribution in [-0.2, 0) is 11.8 Å². The molecule has 2 rings (SSSR count). The van der Waals surface area contributed by atoms with Crippen molar-refractivity contribution in [2.45, 2.75) is 32.6 Å². The minimum atomic E-state index is 0.219. The Morgan fingerprint density at radius 1 is 1.10 bits per heavy atom. The fraction of sp³-hybridized carbons (Fsp3) is 0.353. The smallest absolute Gasteiger partial charge is 0.127 e. The second kappa shape index (κ2) is 6.40. The predicted octanol–water partition coefficient (Wildman–Crippen LogP) is 4.80. The molecule has 1 aromatic heterocycles. The van der Waals surface area contributed by atoms with Crippen molar-refractivity contribution in [3.63, 3.8) is 0 Å². The van der Waals surface area contributed by atoms with E-state index in [1.165, 1.54) is 11.1 Å². The third-order valence-corrected chi connectivity index (χ3v) is 3.75. The van der Waals surface area contributed by atoms with Crippen molar-refractivity contribution in [2.75, 3.05) is 11.9 Å². The lowest BCUT2D eigenvalue weighted by Gasteiger charge is -2.19. The molecule has 20 heavy (non-hydrogen) atoms. The van der Waals surface area contributed by atoms with E-state index in [-0.39, 0.29) is 5.41 Å². The molecule has 1 heterocycles. The van der Waals surface area contributed by atoms with E-state index in [4.69, 9.17) is 0 Å². The van der Waals surface area contributed by atoms with Crippen LogP contribution < -0.4 is 5.32 Å². The van der Waals surface area contributed by atoms with Crippen LogP contribution in [0.5, 0.6) is 0 Å². The maximum absolute atomic E-state index is 4.28. The van der Waals surface area contributed by atoms with Gasteiger partial charge in [-0.2, -0.15) is 0 Å². The molecule has 0 aliphatic carbocycles. The van der Waals surface area contributed by atoms with E-state index in [1.807, 2.05) is 12.1 Å². The van der Waals surface area contributed by atoms with E-state index < -0.39 is 0 Å². The van der Waals surface area contributed by atoms with Gasteiger partial charge in [-0.1, -0.05) is 61.0 Å². The molecule has 0 unspecified atom stereocenters. The Labute approximate surface area is 129 Å². The summed E-state index contributed by atoms with van der Waals surface area (Å²) >= 11 is 3.45. The molecule has 0 saturated heterocycles. The molecule has 0 radical (unpaired) electrons. The van der Waals surface area contributed by atoms with E-state index in [1.54, 1.807) is 6.20 Å². The first-order valence-corrected chi connectivity index (χ1v) is 7.69. The van der Waals surface area contributed by atoms with Crippen molar-refractivity contribution in [3.8, 4) is 0 Å². The third kappa shape index (κ3) is 4.34. The van der Waals surface area contributed by atoms with Crippen LogP contribution in [0.15, 0.2) is 47.1 Å². The number of nitrogens with one attached hydrogen (secondary N) is 1. The number of hydrogen-bond acceptors (Lipinski definition) is 2. The molecule has 0 aliphatic heterocycles. The third-order valence-electron chi connectivity index (χ3n) is 3.26. The molecule has 0 saturated carbocycles. The molecule has 0 spiro atoms. The molecule has 0 fully saturated rings. The van der Waals surface area contributed by atoms with Crippen LogP contribution >= 0.6 is 15.9 Å². The molecule has 3 heteroatoms. The van der Waals surface area contributed by atoms with Crippen LogP contribution in [0.2, 0.25) is 0 Å². The number of anilines is 1. The molecule has 106 valence electrons. The second-order valence-electron chi connectivity index (χ2n) is 5.98. The van der Waals surface area contributed by atoms with Gasteiger partial charge in [0, 0.05) is 17.2 Å². The highest BCUT2D eigenvalue weighted by atomic mass is 79.9. The summed E-state index contributed by atoms with van der Waals surface area (Å²) in [6.07, 6.45) is 2.79. The summed E-state index contributed by atoms with van der Waals surface area (Å²) in [6, 6.07) is 12.8. The summed E-state index contributed by atoms with van der Waals surface area (Å²) < 4.78 is 1.05. The first-order chi connectivity index (χ1) is 9.45. The summed E-state index contributed by atoms with van der Waals surface area (Å²) in [5, 5.41) is 3.34. The highest BCUT2D eigenvalue weighted by Crippen LogP contribution is 2.22. The van der Waals surface area contributed by atoms with Crippen LogP contribution in [0, 0.1) is 0 Å². The van der Waals surface area contributed by atoms with Gasteiger partial charge in [0.2, 0.25) is 0 Å². The minimum Gasteiger partial charge on any atom is -0.370 e. The number of aromatic nitrogens is 1. The Morgan fingerprint density at radius 3 is 2.40 bits per heavy atom. The Morgan fingerprint density at radius 2 is 1.80 bits per heavy atom. The van der Waals surface area contributed by atoms with Gasteiger partial charge in [0.1, 0.15) is 5.82 Å². The first-order valence-electron chi connectivity index (χ1n) is 6.90. The summed E-state index contributed by atoms with van der Waals surface area (Å²) in [6.45, 7) is 7.60. The van der Waals surface area contributed by atoms with Gasteiger partial charge in [-0.3, -0.25) is 0 Å². The van der Waals surface area contributed by atoms with E-state index in [9.17, 15) is 0 Å². The Kier molecular flexibility index (Phi) is 4.81. The molecule has 0 atom stereocenters. The van der Waals surface area contributed by atoms with Gasteiger partial charge in [0.15, 0.2) is 0 Å². The standard InChI is InChI=1S/C17H21BrN2/c1-17(2,3)14-6-4-13(5-7-14)8-10-19-16-12-15(18)9-11-20-16/h4-7,9,11-12H,8,10H2,1-3H3,(H,19,20). The van der Waals surface area contributed by atoms with Crippen LogP contribution in [0.25, 0.3) is 0 Å². The van der Waals surface area contributed by atoms with E-state index in [0.29, 0.717) is 0 Å². The number of rotatable bonds is 4. The van der Waals surface area contributed by atoms with Crippen LogP contribution in [0.4, 0.5) is 5.82 Å². The van der Waals surface area contributed by atoms with E-state index in [0.717, 1.165) is 23.3 Å². The van der Waals surface area contributed by atoms with Gasteiger partial charge in [-0.15, -0.1) is 0 Å².